The summed E-state index contributed by atoms with van der Waals surface area (Å²) in [5, 5.41) is 0.596. The third-order valence-corrected chi connectivity index (χ3v) is 3.87. The van der Waals surface area contributed by atoms with E-state index >= 15 is 0 Å². The number of benzene rings is 1. The maximum absolute atomic E-state index is 13.7. The Balaban J connectivity index is 0.00000180. The van der Waals surface area contributed by atoms with Crippen molar-refractivity contribution < 1.29 is 4.39 Å². The lowest BCUT2D eigenvalue weighted by atomic mass is 9.98. The predicted octanol–water partition coefficient (Wildman–Crippen LogP) is 3.60. The van der Waals surface area contributed by atoms with E-state index in [1.54, 1.807) is 12.1 Å². The molecule has 0 aromatic heterocycles. The van der Waals surface area contributed by atoms with Gasteiger partial charge in [0.1, 0.15) is 5.82 Å². The average Bonchev–Trinajstić information content (AvgIpc) is 2.36. The SMILES string of the molecule is Cl.NCCC1CCCCN1Cc1cc(Cl)ccc1F. The third kappa shape index (κ3) is 4.60. The van der Waals surface area contributed by atoms with Gasteiger partial charge in [-0.15, -0.1) is 12.4 Å². The number of nitrogens with zero attached hydrogens (tertiary/aromatic N) is 1. The summed E-state index contributed by atoms with van der Waals surface area (Å²) in [5.74, 6) is -0.170. The molecule has 0 radical (unpaired) electrons. The van der Waals surface area contributed by atoms with Crippen molar-refractivity contribution in [3.63, 3.8) is 0 Å². The Morgan fingerprint density at radius 1 is 1.37 bits per heavy atom. The summed E-state index contributed by atoms with van der Waals surface area (Å²) in [6.07, 6.45) is 4.59. The van der Waals surface area contributed by atoms with Crippen LogP contribution in [0, 0.1) is 5.82 Å². The summed E-state index contributed by atoms with van der Waals surface area (Å²) in [7, 11) is 0. The van der Waals surface area contributed by atoms with E-state index < -0.39 is 0 Å². The van der Waals surface area contributed by atoms with Gasteiger partial charge in [0, 0.05) is 23.2 Å². The number of hydrogen-bond acceptors (Lipinski definition) is 2. The van der Waals surface area contributed by atoms with Crippen LogP contribution in [-0.2, 0) is 6.54 Å². The van der Waals surface area contributed by atoms with Crippen molar-refractivity contribution in [3.8, 4) is 0 Å². The molecule has 0 saturated carbocycles. The fourth-order valence-corrected chi connectivity index (χ4v) is 2.87. The summed E-state index contributed by atoms with van der Waals surface area (Å²) >= 11 is 5.93. The number of rotatable bonds is 4. The van der Waals surface area contributed by atoms with Crippen LogP contribution in [-0.4, -0.2) is 24.0 Å². The molecule has 1 aliphatic heterocycles. The maximum Gasteiger partial charge on any atom is 0.127 e. The van der Waals surface area contributed by atoms with Crippen LogP contribution in [0.1, 0.15) is 31.2 Å². The highest BCUT2D eigenvalue weighted by Gasteiger charge is 2.22. The van der Waals surface area contributed by atoms with Crippen molar-refractivity contribution in [1.82, 2.24) is 4.90 Å². The summed E-state index contributed by atoms with van der Waals surface area (Å²) in [6, 6.07) is 5.25. The lowest BCUT2D eigenvalue weighted by Crippen LogP contribution is -2.40. The molecule has 2 nitrogen and oxygen atoms in total. The standard InChI is InChI=1S/C14H20ClFN2.ClH/c15-12-4-5-14(16)11(9-12)10-18-8-2-1-3-13(18)6-7-17;/h4-5,9,13H,1-3,6-8,10,17H2;1H. The zero-order valence-electron chi connectivity index (χ0n) is 10.9. The first-order valence-electron chi connectivity index (χ1n) is 6.58. The van der Waals surface area contributed by atoms with Gasteiger partial charge in [0.05, 0.1) is 0 Å². The first-order valence-corrected chi connectivity index (χ1v) is 6.96. The Hall–Kier alpha value is -0.350. The Morgan fingerprint density at radius 3 is 2.89 bits per heavy atom. The maximum atomic E-state index is 13.7. The summed E-state index contributed by atoms with van der Waals surface area (Å²) in [4.78, 5) is 2.34. The van der Waals surface area contributed by atoms with Gasteiger partial charge in [0.25, 0.3) is 0 Å². The second kappa shape index (κ2) is 8.05. The van der Waals surface area contributed by atoms with Gasteiger partial charge in [-0.3, -0.25) is 4.90 Å². The van der Waals surface area contributed by atoms with Crippen LogP contribution in [0.5, 0.6) is 0 Å². The second-order valence-corrected chi connectivity index (χ2v) is 5.37. The largest absolute Gasteiger partial charge is 0.330 e. The van der Waals surface area contributed by atoms with Gasteiger partial charge in [0.15, 0.2) is 0 Å². The van der Waals surface area contributed by atoms with Crippen molar-refractivity contribution in [3.05, 3.63) is 34.6 Å². The zero-order valence-corrected chi connectivity index (χ0v) is 12.5. The minimum atomic E-state index is -0.170. The van der Waals surface area contributed by atoms with Gasteiger partial charge in [-0.2, -0.15) is 0 Å². The fraction of sp³-hybridized carbons (Fsp3) is 0.571. The Kier molecular flexibility index (Phi) is 7.08. The van der Waals surface area contributed by atoms with Crippen LogP contribution in [0.3, 0.4) is 0 Å². The molecule has 1 aromatic rings. The highest BCUT2D eigenvalue weighted by Crippen LogP contribution is 2.23. The molecular weight excluding hydrogens is 286 g/mol. The molecule has 5 heteroatoms. The van der Waals surface area contributed by atoms with E-state index in [0.29, 0.717) is 29.7 Å². The minimum absolute atomic E-state index is 0. The van der Waals surface area contributed by atoms with Gasteiger partial charge in [0.2, 0.25) is 0 Å². The van der Waals surface area contributed by atoms with E-state index in [-0.39, 0.29) is 18.2 Å². The summed E-state index contributed by atoms with van der Waals surface area (Å²) in [5.41, 5.74) is 6.33. The van der Waals surface area contributed by atoms with E-state index in [1.165, 1.54) is 25.3 Å². The molecule has 0 bridgehead atoms. The van der Waals surface area contributed by atoms with Gasteiger partial charge >= 0.3 is 0 Å². The first-order chi connectivity index (χ1) is 8.70. The molecule has 19 heavy (non-hydrogen) atoms. The molecule has 0 spiro atoms. The van der Waals surface area contributed by atoms with Crippen molar-refractivity contribution in [1.29, 1.82) is 0 Å². The zero-order chi connectivity index (χ0) is 13.0. The van der Waals surface area contributed by atoms with Crippen molar-refractivity contribution in [2.24, 2.45) is 5.73 Å². The van der Waals surface area contributed by atoms with E-state index in [9.17, 15) is 4.39 Å². The molecule has 2 rings (SSSR count). The molecule has 1 saturated heterocycles. The third-order valence-electron chi connectivity index (χ3n) is 3.63. The molecule has 1 atom stereocenters. The average molecular weight is 307 g/mol. The Bertz CT molecular complexity index is 399. The topological polar surface area (TPSA) is 29.3 Å². The van der Waals surface area contributed by atoms with Gasteiger partial charge < -0.3 is 5.73 Å². The number of halogens is 3. The second-order valence-electron chi connectivity index (χ2n) is 4.93. The summed E-state index contributed by atoms with van der Waals surface area (Å²) in [6.45, 7) is 2.35. The van der Waals surface area contributed by atoms with E-state index in [2.05, 4.69) is 4.90 Å². The van der Waals surface area contributed by atoms with Gasteiger partial charge in [-0.1, -0.05) is 18.0 Å². The number of piperidine rings is 1. The monoisotopic (exact) mass is 306 g/mol. The van der Waals surface area contributed by atoms with Crippen molar-refractivity contribution in [2.75, 3.05) is 13.1 Å². The number of likely N-dealkylation sites (tertiary alicyclic amines) is 1. The van der Waals surface area contributed by atoms with Gasteiger partial charge in [-0.25, -0.2) is 4.39 Å². The first kappa shape index (κ1) is 16.7. The van der Waals surface area contributed by atoms with Crippen LogP contribution in [0.4, 0.5) is 4.39 Å². The highest BCUT2D eigenvalue weighted by molar-refractivity contribution is 6.30. The van der Waals surface area contributed by atoms with E-state index in [4.69, 9.17) is 17.3 Å². The molecule has 2 N–H and O–H groups in total. The molecule has 0 aliphatic carbocycles. The van der Waals surface area contributed by atoms with Crippen LogP contribution in [0.2, 0.25) is 5.02 Å². The van der Waals surface area contributed by atoms with Crippen LogP contribution < -0.4 is 5.73 Å². The number of nitrogens with two attached hydrogens (primary N) is 1. The van der Waals surface area contributed by atoms with E-state index in [0.717, 1.165) is 13.0 Å². The predicted molar refractivity (Wildman–Crippen MR) is 80.4 cm³/mol. The quantitative estimate of drug-likeness (QED) is 0.921. The molecule has 1 aliphatic rings. The Labute approximate surface area is 125 Å². The van der Waals surface area contributed by atoms with Crippen LogP contribution in [0.25, 0.3) is 0 Å². The van der Waals surface area contributed by atoms with Crippen molar-refractivity contribution >= 4 is 24.0 Å². The smallest absolute Gasteiger partial charge is 0.127 e. The normalized spacial score (nSPS) is 20.1. The molecule has 0 amide bonds. The molecule has 1 fully saturated rings. The minimum Gasteiger partial charge on any atom is -0.330 e. The lowest BCUT2D eigenvalue weighted by Gasteiger charge is -2.35. The molecule has 108 valence electrons. The molecule has 1 heterocycles. The number of hydrogen-bond donors (Lipinski definition) is 1. The lowest BCUT2D eigenvalue weighted by molar-refractivity contribution is 0.132. The Morgan fingerprint density at radius 2 is 2.16 bits per heavy atom. The summed E-state index contributed by atoms with van der Waals surface area (Å²) < 4.78 is 13.7. The van der Waals surface area contributed by atoms with Gasteiger partial charge in [-0.05, 0) is 50.6 Å². The van der Waals surface area contributed by atoms with Crippen LogP contribution in [0.15, 0.2) is 18.2 Å². The molecule has 1 aromatic carbocycles. The highest BCUT2D eigenvalue weighted by atomic mass is 35.5. The molecule has 1 unspecified atom stereocenters. The van der Waals surface area contributed by atoms with Crippen molar-refractivity contribution in [2.45, 2.75) is 38.3 Å². The molecular formula is C14H21Cl2FN2. The van der Waals surface area contributed by atoms with Crippen LogP contribution >= 0.6 is 24.0 Å². The van der Waals surface area contributed by atoms with E-state index in [1.807, 2.05) is 0 Å². The fourth-order valence-electron chi connectivity index (χ4n) is 2.67.